The molecule has 0 fully saturated rings. The molecule has 0 unspecified atom stereocenters. The molecule has 2 aliphatic heterocycles. The van der Waals surface area contributed by atoms with E-state index < -0.39 is 0 Å². The first-order valence-corrected chi connectivity index (χ1v) is 27.8. The summed E-state index contributed by atoms with van der Waals surface area (Å²) in [4.78, 5) is 5.36. The molecular weight excluding hydrogens is 944 g/mol. The molecule has 3 nitrogen and oxygen atoms in total. The van der Waals surface area contributed by atoms with Gasteiger partial charge in [0.1, 0.15) is 11.2 Å². The lowest BCUT2D eigenvalue weighted by molar-refractivity contribution is 0.590. The van der Waals surface area contributed by atoms with Gasteiger partial charge in [0.15, 0.2) is 0 Å². The number of anilines is 6. The highest BCUT2D eigenvalue weighted by molar-refractivity contribution is 7.00. The molecule has 11 aromatic carbocycles. The number of nitrogens with zero attached hydrogens (tertiary/aromatic N) is 2. The van der Waals surface area contributed by atoms with E-state index in [2.05, 4.69) is 286 Å². The summed E-state index contributed by atoms with van der Waals surface area (Å²) in [5.41, 5.74) is 26.9. The Morgan fingerprint density at radius 2 is 0.885 bits per heavy atom. The molecule has 0 saturated carbocycles. The molecule has 0 amide bonds. The average molecular weight is 1000 g/mol. The van der Waals surface area contributed by atoms with Gasteiger partial charge in [-0.25, -0.2) is 0 Å². The van der Waals surface area contributed by atoms with Gasteiger partial charge in [-0.1, -0.05) is 246 Å². The highest BCUT2D eigenvalue weighted by atomic mass is 16.3. The highest BCUT2D eigenvalue weighted by Gasteiger charge is 2.46. The van der Waals surface area contributed by atoms with Crippen LogP contribution in [0.5, 0.6) is 0 Å². The van der Waals surface area contributed by atoms with E-state index in [4.69, 9.17) is 4.42 Å². The van der Waals surface area contributed by atoms with Crippen molar-refractivity contribution in [2.45, 2.75) is 52.4 Å². The molecule has 3 heterocycles. The third-order valence-electron chi connectivity index (χ3n) is 16.4. The molecule has 78 heavy (non-hydrogen) atoms. The minimum atomic E-state index is -0.230. The van der Waals surface area contributed by atoms with E-state index in [1.807, 2.05) is 0 Å². The second-order valence-electron chi connectivity index (χ2n) is 22.2. The van der Waals surface area contributed by atoms with Crippen molar-refractivity contribution in [2.24, 2.45) is 0 Å². The van der Waals surface area contributed by atoms with Crippen molar-refractivity contribution in [1.82, 2.24) is 0 Å². The van der Waals surface area contributed by atoms with E-state index >= 15 is 0 Å². The normalized spacial score (nSPS) is 12.7. The molecule has 0 aliphatic carbocycles. The standard InChI is InChI=1S/C74H59BN2O/c1-5-6-25-56-46-68-70(60-36-22-23-39-67(60)78-68)69(53-34-20-11-21-35-53)72(56)76-63-42-40-54(49-26-12-7-13-27-49)44-61(63)75-62-45-55(50-28-14-8-15-29-50)41-43-64(62)77(66-48-57(74(2,3)4)47-65(76)71(66)75)73-58(51-30-16-9-17-31-51)37-24-38-59(73)52-32-18-10-19-33-52/h7-24,26-48H,5-6,25H2,1-4H3. The van der Waals surface area contributed by atoms with Gasteiger partial charge in [-0.05, 0) is 121 Å². The maximum Gasteiger partial charge on any atom is 0.252 e. The molecule has 0 N–H and O–H groups in total. The predicted octanol–water partition coefficient (Wildman–Crippen LogP) is 18.6. The summed E-state index contributed by atoms with van der Waals surface area (Å²) in [6.45, 7) is 9.28. The minimum Gasteiger partial charge on any atom is -0.456 e. The van der Waals surface area contributed by atoms with Crippen molar-refractivity contribution in [3.63, 3.8) is 0 Å². The zero-order chi connectivity index (χ0) is 52.5. The minimum absolute atomic E-state index is 0.143. The third-order valence-corrected chi connectivity index (χ3v) is 16.4. The van der Waals surface area contributed by atoms with Crippen molar-refractivity contribution in [2.75, 3.05) is 9.80 Å². The van der Waals surface area contributed by atoms with Crippen LogP contribution in [-0.4, -0.2) is 6.71 Å². The zero-order valence-corrected chi connectivity index (χ0v) is 44.7. The molecule has 12 aromatic rings. The summed E-state index contributed by atoms with van der Waals surface area (Å²) in [6, 6.07) is 92.5. The maximum absolute atomic E-state index is 6.93. The summed E-state index contributed by atoms with van der Waals surface area (Å²) >= 11 is 0. The van der Waals surface area contributed by atoms with Crippen molar-refractivity contribution in [3.8, 4) is 55.6 Å². The van der Waals surface area contributed by atoms with Crippen LogP contribution in [-0.2, 0) is 11.8 Å². The number of aryl methyl sites for hydroxylation is 1. The summed E-state index contributed by atoms with van der Waals surface area (Å²) in [5, 5.41) is 2.26. The van der Waals surface area contributed by atoms with E-state index in [-0.39, 0.29) is 12.1 Å². The molecule has 0 bridgehead atoms. The van der Waals surface area contributed by atoms with Crippen molar-refractivity contribution < 1.29 is 4.42 Å². The molecule has 374 valence electrons. The second-order valence-corrected chi connectivity index (χ2v) is 22.2. The Balaban J connectivity index is 1.18. The Morgan fingerprint density at radius 1 is 0.410 bits per heavy atom. The number of furan rings is 1. The third kappa shape index (κ3) is 7.89. The first kappa shape index (κ1) is 47.3. The summed E-state index contributed by atoms with van der Waals surface area (Å²) in [6.07, 6.45) is 2.98. The molecule has 0 atom stereocenters. The number of para-hydroxylation sites is 2. The number of rotatable bonds is 10. The van der Waals surface area contributed by atoms with Gasteiger partial charge in [-0.2, -0.15) is 0 Å². The number of unbranched alkanes of at least 4 members (excludes halogenated alkanes) is 1. The Morgan fingerprint density at radius 3 is 1.40 bits per heavy atom. The van der Waals surface area contributed by atoms with Gasteiger partial charge < -0.3 is 14.2 Å². The molecule has 2 aliphatic rings. The summed E-state index contributed by atoms with van der Waals surface area (Å²) in [7, 11) is 0. The number of fused-ring (bicyclic) bond motifs is 7. The number of hydrogen-bond acceptors (Lipinski definition) is 3. The molecule has 1 aromatic heterocycles. The molecule has 0 saturated heterocycles. The van der Waals surface area contributed by atoms with Crippen LogP contribution in [0.15, 0.2) is 253 Å². The van der Waals surface area contributed by atoms with Crippen LogP contribution in [0.4, 0.5) is 34.1 Å². The fourth-order valence-corrected chi connectivity index (χ4v) is 12.7. The fraction of sp³-hybridized carbons (Fsp3) is 0.108. The summed E-state index contributed by atoms with van der Waals surface area (Å²) in [5.74, 6) is 0. The lowest BCUT2D eigenvalue weighted by Crippen LogP contribution is -2.61. The topological polar surface area (TPSA) is 19.6 Å². The Labute approximate surface area is 458 Å². The van der Waals surface area contributed by atoms with Gasteiger partial charge in [-0.15, -0.1) is 0 Å². The highest BCUT2D eigenvalue weighted by Crippen LogP contribution is 2.54. The Bertz CT molecular complexity index is 4160. The first-order valence-electron chi connectivity index (χ1n) is 27.8. The van der Waals surface area contributed by atoms with Crippen LogP contribution in [0.25, 0.3) is 77.6 Å². The van der Waals surface area contributed by atoms with E-state index in [0.717, 1.165) is 52.5 Å². The van der Waals surface area contributed by atoms with Crippen LogP contribution in [0.1, 0.15) is 51.7 Å². The molecule has 4 heteroatoms. The van der Waals surface area contributed by atoms with Crippen LogP contribution in [0, 0.1) is 0 Å². The van der Waals surface area contributed by atoms with Gasteiger partial charge in [0.2, 0.25) is 0 Å². The smallest absolute Gasteiger partial charge is 0.252 e. The molecule has 0 radical (unpaired) electrons. The van der Waals surface area contributed by atoms with Gasteiger partial charge >= 0.3 is 0 Å². The lowest BCUT2D eigenvalue weighted by Gasteiger charge is -2.46. The molecular formula is C74H59BN2O. The number of hydrogen-bond donors (Lipinski definition) is 0. The van der Waals surface area contributed by atoms with Crippen molar-refractivity contribution >= 4 is 79.2 Å². The quantitative estimate of drug-likeness (QED) is 0.127. The average Bonchev–Trinajstić information content (AvgIpc) is 2.35. The van der Waals surface area contributed by atoms with Crippen LogP contribution < -0.4 is 26.2 Å². The SMILES string of the molecule is CCCCc1cc2oc3ccccc3c2c(-c2ccccc2)c1N1c2ccc(-c3ccccc3)cc2B2c3cc(-c4ccccc4)ccc3N(c3c(-c4ccccc4)cccc3-c3ccccc3)c3cc(C(C)(C)C)cc1c32. The Kier molecular flexibility index (Phi) is 11.6. The molecule has 0 spiro atoms. The van der Waals surface area contributed by atoms with E-state index in [9.17, 15) is 0 Å². The van der Waals surface area contributed by atoms with Crippen LogP contribution in [0.2, 0.25) is 0 Å². The van der Waals surface area contributed by atoms with Crippen molar-refractivity contribution in [1.29, 1.82) is 0 Å². The largest absolute Gasteiger partial charge is 0.456 e. The van der Waals surface area contributed by atoms with Crippen molar-refractivity contribution in [3.05, 3.63) is 260 Å². The van der Waals surface area contributed by atoms with Gasteiger partial charge in [0, 0.05) is 50.2 Å². The van der Waals surface area contributed by atoms with Crippen LogP contribution in [0.3, 0.4) is 0 Å². The van der Waals surface area contributed by atoms with E-state index in [1.54, 1.807) is 0 Å². The van der Waals surface area contributed by atoms with E-state index in [0.29, 0.717) is 0 Å². The monoisotopic (exact) mass is 1000 g/mol. The molecule has 14 rings (SSSR count). The lowest BCUT2D eigenvalue weighted by atomic mass is 9.33. The summed E-state index contributed by atoms with van der Waals surface area (Å²) < 4.78 is 6.93. The second kappa shape index (κ2) is 19.2. The predicted molar refractivity (Wildman–Crippen MR) is 332 cm³/mol. The van der Waals surface area contributed by atoms with E-state index in [1.165, 1.54) is 106 Å². The van der Waals surface area contributed by atoms with Gasteiger partial charge in [0.05, 0.1) is 11.4 Å². The van der Waals surface area contributed by atoms with Gasteiger partial charge in [-0.3, -0.25) is 0 Å². The van der Waals surface area contributed by atoms with Gasteiger partial charge in [0.25, 0.3) is 6.71 Å². The Hall–Kier alpha value is -9.12. The fourth-order valence-electron chi connectivity index (χ4n) is 12.7. The first-order chi connectivity index (χ1) is 38.3. The van der Waals surface area contributed by atoms with Crippen LogP contribution >= 0.6 is 0 Å². The number of benzene rings is 11. The zero-order valence-electron chi connectivity index (χ0n) is 44.7. The maximum atomic E-state index is 6.93.